The zero-order valence-corrected chi connectivity index (χ0v) is 19.0. The van der Waals surface area contributed by atoms with E-state index in [0.29, 0.717) is 0 Å². The average Bonchev–Trinajstić information content (AvgIpc) is 2.67. The fraction of sp³-hybridized carbons (Fsp3) is 0.120. The van der Waals surface area contributed by atoms with Gasteiger partial charge in [-0.05, 0) is 36.4 Å². The zero-order chi connectivity index (χ0) is 20.1. The smallest absolute Gasteiger partial charge is 0.155 e. The maximum atomic E-state index is 10.0. The second-order valence-corrected chi connectivity index (χ2v) is 6.67. The summed E-state index contributed by atoms with van der Waals surface area (Å²) in [4.78, 5) is 14.9. The van der Waals surface area contributed by atoms with Crippen molar-refractivity contribution in [2.24, 2.45) is 0 Å². The van der Waals surface area contributed by atoms with Crippen LogP contribution in [0.2, 0.25) is 0 Å². The number of hydrogen-bond donors (Lipinski definition) is 1. The third-order valence-electron chi connectivity index (χ3n) is 4.22. The third-order valence-corrected chi connectivity index (χ3v) is 4.22. The fourth-order valence-corrected chi connectivity index (χ4v) is 3.13. The van der Waals surface area contributed by atoms with Crippen molar-refractivity contribution in [3.63, 3.8) is 0 Å². The molecular formula is C25H22IrNO2-. The number of ketones is 1. The molecule has 149 valence electrons. The predicted octanol–water partition coefficient (Wildman–Crippen LogP) is 6.20. The molecule has 0 fully saturated rings. The average molecular weight is 561 g/mol. The van der Waals surface area contributed by atoms with Crippen LogP contribution < -0.4 is 0 Å². The fourth-order valence-electron chi connectivity index (χ4n) is 3.13. The first kappa shape index (κ1) is 22.5. The van der Waals surface area contributed by atoms with Gasteiger partial charge in [-0.15, -0.1) is 35.4 Å². The Morgan fingerprint density at radius 1 is 0.897 bits per heavy atom. The first-order chi connectivity index (χ1) is 13.5. The van der Waals surface area contributed by atoms with Gasteiger partial charge in [0.05, 0.1) is 11.3 Å². The molecule has 0 amide bonds. The van der Waals surface area contributed by atoms with E-state index in [1.807, 2.05) is 6.07 Å². The molecule has 0 aliphatic carbocycles. The number of allylic oxidation sites excluding steroid dienone is 2. The standard InChI is InChI=1S/C20H14N.C5H8O2.Ir/c1-14-7-6-8-15(13-14)20-18-11-3-2-9-16(18)17-10-4-5-12-19(17)21-20;1-4(6)3-5(2)7;/h2-12H,1H3;3,6H,1-2H3;/q-1;;. The van der Waals surface area contributed by atoms with Gasteiger partial charge in [0.1, 0.15) is 0 Å². The number of para-hydroxylation sites is 1. The first-order valence-corrected chi connectivity index (χ1v) is 9.10. The van der Waals surface area contributed by atoms with E-state index in [0.717, 1.165) is 22.3 Å². The summed E-state index contributed by atoms with van der Waals surface area (Å²) in [7, 11) is 0. The SMILES string of the molecule is CC(=O)C=C(C)O.Cc1[c-]c(-c2nc3ccccc3c3ccccc23)ccc1.[Ir]. The van der Waals surface area contributed by atoms with Crippen molar-refractivity contribution in [3.8, 4) is 11.3 Å². The molecule has 0 saturated carbocycles. The molecule has 1 heterocycles. The molecule has 4 rings (SSSR count). The minimum Gasteiger partial charge on any atom is -0.512 e. The second kappa shape index (κ2) is 10.1. The molecule has 0 unspecified atom stereocenters. The van der Waals surface area contributed by atoms with Gasteiger partial charge in [-0.2, -0.15) is 0 Å². The molecule has 4 aromatic rings. The molecule has 0 atom stereocenters. The maximum absolute atomic E-state index is 10.0. The number of carbonyl (C=O) groups is 1. The van der Waals surface area contributed by atoms with Crippen LogP contribution in [0, 0.1) is 13.0 Å². The Bertz CT molecular complexity index is 1180. The summed E-state index contributed by atoms with van der Waals surface area (Å²) in [6.07, 6.45) is 1.17. The van der Waals surface area contributed by atoms with Crippen LogP contribution in [0.1, 0.15) is 19.4 Å². The summed E-state index contributed by atoms with van der Waals surface area (Å²) < 4.78 is 0. The Balaban J connectivity index is 0.000000327. The normalized spacial score (nSPS) is 10.8. The van der Waals surface area contributed by atoms with E-state index in [4.69, 9.17) is 10.1 Å². The van der Waals surface area contributed by atoms with E-state index in [1.54, 1.807) is 0 Å². The van der Waals surface area contributed by atoms with Gasteiger partial charge in [-0.1, -0.05) is 49.4 Å². The number of pyridine rings is 1. The first-order valence-electron chi connectivity index (χ1n) is 9.10. The van der Waals surface area contributed by atoms with Gasteiger partial charge in [-0.25, -0.2) is 0 Å². The summed E-state index contributed by atoms with van der Waals surface area (Å²) in [6, 6.07) is 26.4. The van der Waals surface area contributed by atoms with Crippen molar-refractivity contribution < 1.29 is 30.0 Å². The number of carbonyl (C=O) groups excluding carboxylic acids is 1. The van der Waals surface area contributed by atoms with Crippen LogP contribution in [0.25, 0.3) is 32.9 Å². The van der Waals surface area contributed by atoms with Crippen molar-refractivity contribution in [2.75, 3.05) is 0 Å². The van der Waals surface area contributed by atoms with Crippen molar-refractivity contribution >= 4 is 27.5 Å². The topological polar surface area (TPSA) is 50.2 Å². The van der Waals surface area contributed by atoms with Crippen LogP contribution in [0.4, 0.5) is 0 Å². The summed E-state index contributed by atoms with van der Waals surface area (Å²) >= 11 is 0. The van der Waals surface area contributed by atoms with E-state index in [2.05, 4.69) is 73.7 Å². The Labute approximate surface area is 184 Å². The van der Waals surface area contributed by atoms with Gasteiger partial charge in [0.15, 0.2) is 5.78 Å². The molecule has 1 N–H and O–H groups in total. The third kappa shape index (κ3) is 5.60. The number of aliphatic hydroxyl groups is 1. The Morgan fingerprint density at radius 2 is 1.52 bits per heavy atom. The summed E-state index contributed by atoms with van der Waals surface area (Å²) in [5.41, 5.74) is 4.22. The number of hydrogen-bond acceptors (Lipinski definition) is 3. The van der Waals surface area contributed by atoms with Crippen LogP contribution in [-0.2, 0) is 24.9 Å². The summed E-state index contributed by atoms with van der Waals surface area (Å²) in [6.45, 7) is 4.91. The zero-order valence-electron chi connectivity index (χ0n) is 16.6. The van der Waals surface area contributed by atoms with E-state index >= 15 is 0 Å². The van der Waals surface area contributed by atoms with Crippen LogP contribution in [0.15, 0.2) is 78.6 Å². The van der Waals surface area contributed by atoms with Crippen molar-refractivity contribution in [1.82, 2.24) is 4.98 Å². The number of aromatic nitrogens is 1. The number of fused-ring (bicyclic) bond motifs is 3. The molecule has 1 aromatic heterocycles. The van der Waals surface area contributed by atoms with Gasteiger partial charge < -0.3 is 5.11 Å². The summed E-state index contributed by atoms with van der Waals surface area (Å²) in [5, 5.41) is 12.0. The van der Waals surface area contributed by atoms with Gasteiger partial charge >= 0.3 is 0 Å². The molecule has 0 aliphatic heterocycles. The van der Waals surface area contributed by atoms with Crippen LogP contribution in [0.5, 0.6) is 0 Å². The number of benzene rings is 3. The minimum atomic E-state index is -0.125. The Kier molecular flexibility index (Phi) is 7.83. The van der Waals surface area contributed by atoms with Crippen LogP contribution in [0.3, 0.4) is 0 Å². The van der Waals surface area contributed by atoms with Gasteiger partial charge in [-0.3, -0.25) is 9.78 Å². The number of rotatable bonds is 2. The molecular weight excluding hydrogens is 538 g/mol. The largest absolute Gasteiger partial charge is 0.512 e. The molecule has 1 radical (unpaired) electrons. The monoisotopic (exact) mass is 561 g/mol. The van der Waals surface area contributed by atoms with Crippen molar-refractivity contribution in [2.45, 2.75) is 20.8 Å². The quantitative estimate of drug-likeness (QED) is 0.138. The predicted molar refractivity (Wildman–Crippen MR) is 115 cm³/mol. The van der Waals surface area contributed by atoms with Crippen LogP contribution >= 0.6 is 0 Å². The van der Waals surface area contributed by atoms with E-state index in [1.165, 1.54) is 36.1 Å². The maximum Gasteiger partial charge on any atom is 0.155 e. The van der Waals surface area contributed by atoms with E-state index < -0.39 is 0 Å². The number of nitrogens with zero attached hydrogens (tertiary/aromatic N) is 1. The molecule has 0 saturated heterocycles. The molecule has 29 heavy (non-hydrogen) atoms. The number of aliphatic hydroxyl groups excluding tert-OH is 1. The second-order valence-electron chi connectivity index (χ2n) is 6.67. The molecule has 4 heteroatoms. The Morgan fingerprint density at radius 3 is 2.10 bits per heavy atom. The number of aryl methyl sites for hydroxylation is 1. The van der Waals surface area contributed by atoms with E-state index in [9.17, 15) is 4.79 Å². The van der Waals surface area contributed by atoms with E-state index in [-0.39, 0.29) is 31.6 Å². The molecule has 3 aromatic carbocycles. The van der Waals surface area contributed by atoms with Crippen molar-refractivity contribution in [1.29, 1.82) is 0 Å². The molecule has 0 spiro atoms. The molecule has 3 nitrogen and oxygen atoms in total. The summed E-state index contributed by atoms with van der Waals surface area (Å²) in [5.74, 6) is -0.0625. The van der Waals surface area contributed by atoms with Gasteiger partial charge in [0, 0.05) is 31.6 Å². The molecule has 0 aliphatic rings. The molecule has 0 bridgehead atoms. The van der Waals surface area contributed by atoms with Crippen LogP contribution in [-0.4, -0.2) is 15.9 Å². The van der Waals surface area contributed by atoms with Gasteiger partial charge in [0.25, 0.3) is 0 Å². The minimum absolute atomic E-state index is 0. The van der Waals surface area contributed by atoms with Gasteiger partial charge in [0.2, 0.25) is 0 Å². The Hall–Kier alpha value is -2.81. The van der Waals surface area contributed by atoms with Crippen molar-refractivity contribution in [3.05, 3.63) is 90.2 Å².